The van der Waals surface area contributed by atoms with E-state index in [4.69, 9.17) is 9.72 Å². The van der Waals surface area contributed by atoms with Crippen LogP contribution in [0.25, 0.3) is 0 Å². The van der Waals surface area contributed by atoms with Gasteiger partial charge in [0, 0.05) is 49.4 Å². The van der Waals surface area contributed by atoms with Crippen molar-refractivity contribution < 1.29 is 14.6 Å². The number of aliphatic carboxylic acids is 1. The third kappa shape index (κ3) is 7.26. The zero-order valence-electron chi connectivity index (χ0n) is 22.1. The van der Waals surface area contributed by atoms with E-state index >= 15 is 0 Å². The molecular formula is C29H42N4O3. The van der Waals surface area contributed by atoms with Crippen molar-refractivity contribution in [1.29, 1.82) is 0 Å². The minimum absolute atomic E-state index is 0.0765. The van der Waals surface area contributed by atoms with Gasteiger partial charge in [-0.3, -0.25) is 14.7 Å². The topological polar surface area (TPSA) is 87.6 Å². The van der Waals surface area contributed by atoms with Crippen molar-refractivity contribution >= 4 is 11.8 Å². The van der Waals surface area contributed by atoms with Crippen molar-refractivity contribution in [3.8, 4) is 0 Å². The summed E-state index contributed by atoms with van der Waals surface area (Å²) in [7, 11) is 0. The van der Waals surface area contributed by atoms with E-state index in [1.807, 2.05) is 12.1 Å². The van der Waals surface area contributed by atoms with Crippen molar-refractivity contribution in [3.63, 3.8) is 0 Å². The van der Waals surface area contributed by atoms with E-state index in [2.05, 4.69) is 48.1 Å². The van der Waals surface area contributed by atoms with E-state index in [-0.39, 0.29) is 11.5 Å². The Morgan fingerprint density at radius 2 is 2.11 bits per heavy atom. The summed E-state index contributed by atoms with van der Waals surface area (Å²) < 4.78 is 6.17. The van der Waals surface area contributed by atoms with Gasteiger partial charge in [-0.2, -0.15) is 0 Å². The SMILES string of the molecule is CC(C)(C)CCc1ncccc1C(C(=O)O)N1CC[C@@H](OCCCCc2ccc3c(n2)NCCC3)C1. The van der Waals surface area contributed by atoms with E-state index in [1.165, 1.54) is 12.0 Å². The zero-order valence-corrected chi connectivity index (χ0v) is 22.1. The number of anilines is 1. The molecular weight excluding hydrogens is 452 g/mol. The highest BCUT2D eigenvalue weighted by Crippen LogP contribution is 2.30. The first-order valence-corrected chi connectivity index (χ1v) is 13.5. The summed E-state index contributed by atoms with van der Waals surface area (Å²) in [4.78, 5) is 23.7. The van der Waals surface area contributed by atoms with Crippen molar-refractivity contribution in [2.45, 2.75) is 84.3 Å². The largest absolute Gasteiger partial charge is 0.480 e. The molecule has 2 aromatic heterocycles. The minimum atomic E-state index is -0.812. The van der Waals surface area contributed by atoms with Crippen LogP contribution in [-0.4, -0.2) is 58.3 Å². The Morgan fingerprint density at radius 3 is 2.92 bits per heavy atom. The fourth-order valence-electron chi connectivity index (χ4n) is 5.18. The molecule has 4 heterocycles. The summed E-state index contributed by atoms with van der Waals surface area (Å²) >= 11 is 0. The molecule has 1 unspecified atom stereocenters. The first kappa shape index (κ1) is 26.6. The molecule has 2 atom stereocenters. The lowest BCUT2D eigenvalue weighted by atomic mass is 9.88. The van der Waals surface area contributed by atoms with Gasteiger partial charge in [0.25, 0.3) is 0 Å². The molecule has 196 valence electrons. The minimum Gasteiger partial charge on any atom is -0.480 e. The van der Waals surface area contributed by atoms with Crippen LogP contribution < -0.4 is 5.32 Å². The van der Waals surface area contributed by atoms with E-state index in [1.54, 1.807) is 6.20 Å². The average Bonchev–Trinajstić information content (AvgIpc) is 3.30. The Balaban J connectivity index is 1.25. The van der Waals surface area contributed by atoms with Gasteiger partial charge in [-0.25, -0.2) is 4.98 Å². The first-order chi connectivity index (χ1) is 17.3. The highest BCUT2D eigenvalue weighted by atomic mass is 16.5. The monoisotopic (exact) mass is 494 g/mol. The second kappa shape index (κ2) is 12.2. The Bertz CT molecular complexity index is 1020. The summed E-state index contributed by atoms with van der Waals surface area (Å²) in [6.45, 7) is 9.68. The summed E-state index contributed by atoms with van der Waals surface area (Å²) in [6, 6.07) is 7.47. The predicted octanol–water partition coefficient (Wildman–Crippen LogP) is 5.05. The molecule has 7 heteroatoms. The molecule has 1 fully saturated rings. The van der Waals surface area contributed by atoms with Crippen LogP contribution in [0.5, 0.6) is 0 Å². The molecule has 2 aliphatic rings. The fraction of sp³-hybridized carbons (Fsp3) is 0.621. The number of carboxylic acid groups (broad SMARTS) is 1. The number of carbonyl (C=O) groups is 1. The van der Waals surface area contributed by atoms with Crippen LogP contribution in [0.15, 0.2) is 30.5 Å². The van der Waals surface area contributed by atoms with Crippen LogP contribution in [0.2, 0.25) is 0 Å². The standard InChI is InChI=1S/C29H42N4O3/c1-29(2,3)15-13-25-24(10-7-16-30-25)26(28(34)35)33-18-14-23(20-33)36-19-5-4-9-22-12-11-21-8-6-17-31-27(21)32-22/h7,10-12,16,23,26H,4-6,8-9,13-15,17-20H2,1-3H3,(H,31,32)(H,34,35)/t23-,26?/m1/s1. The number of aromatic nitrogens is 2. The third-order valence-electron chi connectivity index (χ3n) is 7.24. The maximum Gasteiger partial charge on any atom is 0.325 e. The van der Waals surface area contributed by atoms with E-state index < -0.39 is 12.0 Å². The highest BCUT2D eigenvalue weighted by Gasteiger charge is 2.35. The van der Waals surface area contributed by atoms with Gasteiger partial charge in [-0.1, -0.05) is 32.9 Å². The summed E-state index contributed by atoms with van der Waals surface area (Å²) in [5.74, 6) is 0.247. The van der Waals surface area contributed by atoms with Gasteiger partial charge in [-0.15, -0.1) is 0 Å². The third-order valence-corrected chi connectivity index (χ3v) is 7.24. The smallest absolute Gasteiger partial charge is 0.325 e. The molecule has 2 aliphatic heterocycles. The van der Waals surface area contributed by atoms with E-state index in [0.29, 0.717) is 13.2 Å². The maximum absolute atomic E-state index is 12.3. The van der Waals surface area contributed by atoms with Gasteiger partial charge in [0.2, 0.25) is 0 Å². The van der Waals surface area contributed by atoms with Gasteiger partial charge >= 0.3 is 5.97 Å². The van der Waals surface area contributed by atoms with Gasteiger partial charge in [0.1, 0.15) is 11.9 Å². The van der Waals surface area contributed by atoms with Crippen LogP contribution >= 0.6 is 0 Å². The normalized spacial score (nSPS) is 19.0. The lowest BCUT2D eigenvalue weighted by Crippen LogP contribution is -2.34. The molecule has 0 saturated carbocycles. The van der Waals surface area contributed by atoms with Crippen molar-refractivity contribution in [2.75, 3.05) is 31.6 Å². The average molecular weight is 495 g/mol. The number of aryl methyl sites for hydroxylation is 3. The van der Waals surface area contributed by atoms with Crippen LogP contribution in [-0.2, 0) is 28.8 Å². The number of likely N-dealkylation sites (tertiary alicyclic amines) is 1. The van der Waals surface area contributed by atoms with E-state index in [9.17, 15) is 9.90 Å². The van der Waals surface area contributed by atoms with Crippen LogP contribution in [0.1, 0.15) is 81.4 Å². The number of carboxylic acids is 1. The molecule has 0 aliphatic carbocycles. The number of ether oxygens (including phenoxy) is 1. The molecule has 0 amide bonds. The Morgan fingerprint density at radius 1 is 1.25 bits per heavy atom. The van der Waals surface area contributed by atoms with Crippen LogP contribution in [0.3, 0.4) is 0 Å². The number of unbranched alkanes of at least 4 members (excludes halogenated alkanes) is 1. The molecule has 4 rings (SSSR count). The number of hydrogen-bond donors (Lipinski definition) is 2. The van der Waals surface area contributed by atoms with Crippen molar-refractivity contribution in [3.05, 3.63) is 53.0 Å². The Hall–Kier alpha value is -2.51. The summed E-state index contributed by atoms with van der Waals surface area (Å²) in [5, 5.41) is 13.5. The highest BCUT2D eigenvalue weighted by molar-refractivity contribution is 5.76. The van der Waals surface area contributed by atoms with Gasteiger partial charge in [-0.05, 0) is 74.5 Å². The van der Waals surface area contributed by atoms with Crippen molar-refractivity contribution in [1.82, 2.24) is 14.9 Å². The maximum atomic E-state index is 12.3. The van der Waals surface area contributed by atoms with Crippen LogP contribution in [0.4, 0.5) is 5.82 Å². The molecule has 2 N–H and O–H groups in total. The molecule has 2 aromatic rings. The first-order valence-electron chi connectivity index (χ1n) is 13.5. The predicted molar refractivity (Wildman–Crippen MR) is 142 cm³/mol. The second-order valence-corrected chi connectivity index (χ2v) is 11.4. The Labute approximate surface area is 215 Å². The number of fused-ring (bicyclic) bond motifs is 1. The van der Waals surface area contributed by atoms with Crippen LogP contribution in [0, 0.1) is 5.41 Å². The molecule has 36 heavy (non-hydrogen) atoms. The number of rotatable bonds is 11. The van der Waals surface area contributed by atoms with Gasteiger partial charge < -0.3 is 15.2 Å². The molecule has 0 radical (unpaired) electrons. The second-order valence-electron chi connectivity index (χ2n) is 11.4. The van der Waals surface area contributed by atoms with Crippen molar-refractivity contribution in [2.24, 2.45) is 5.41 Å². The molecule has 1 saturated heterocycles. The lowest BCUT2D eigenvalue weighted by Gasteiger charge is -2.27. The summed E-state index contributed by atoms with van der Waals surface area (Å²) in [6.07, 6.45) is 9.71. The lowest BCUT2D eigenvalue weighted by molar-refractivity contribution is -0.143. The van der Waals surface area contributed by atoms with Gasteiger partial charge in [0.05, 0.1) is 6.10 Å². The zero-order chi connectivity index (χ0) is 25.5. The molecule has 0 aromatic carbocycles. The number of hydrogen-bond acceptors (Lipinski definition) is 6. The number of pyridine rings is 2. The molecule has 0 spiro atoms. The fourth-order valence-corrected chi connectivity index (χ4v) is 5.18. The van der Waals surface area contributed by atoms with Gasteiger partial charge in [0.15, 0.2) is 0 Å². The Kier molecular flexibility index (Phi) is 8.96. The number of nitrogens with zero attached hydrogens (tertiary/aromatic N) is 3. The molecule has 7 nitrogen and oxygen atoms in total. The molecule has 0 bridgehead atoms. The quantitative estimate of drug-likeness (QED) is 0.423. The van der Waals surface area contributed by atoms with E-state index in [0.717, 1.165) is 80.8 Å². The number of nitrogens with one attached hydrogen (secondary N) is 1. The summed E-state index contributed by atoms with van der Waals surface area (Å²) in [5.41, 5.74) is 4.36.